The highest BCUT2D eigenvalue weighted by molar-refractivity contribution is 5.87. The molecule has 0 heterocycles. The van der Waals surface area contributed by atoms with Gasteiger partial charge in [0.1, 0.15) is 5.82 Å². The van der Waals surface area contributed by atoms with Crippen molar-refractivity contribution in [3.8, 4) is 0 Å². The van der Waals surface area contributed by atoms with Crippen molar-refractivity contribution in [3.05, 3.63) is 35.1 Å². The van der Waals surface area contributed by atoms with Crippen LogP contribution in [0.25, 0.3) is 0 Å². The van der Waals surface area contributed by atoms with Gasteiger partial charge in [0, 0.05) is 6.61 Å². The van der Waals surface area contributed by atoms with Gasteiger partial charge in [0.05, 0.1) is 11.7 Å². The second-order valence-electron chi connectivity index (χ2n) is 5.76. The number of hydrogen-bond donors (Lipinski definition) is 1. The lowest BCUT2D eigenvalue weighted by molar-refractivity contribution is 0.0248. The third-order valence-electron chi connectivity index (χ3n) is 4.30. The van der Waals surface area contributed by atoms with Crippen molar-refractivity contribution in [2.24, 2.45) is 5.92 Å². The first-order chi connectivity index (χ1) is 10.1. The van der Waals surface area contributed by atoms with Crippen molar-refractivity contribution < 1.29 is 19.0 Å². The predicted octanol–water partition coefficient (Wildman–Crippen LogP) is 4.05. The molecule has 4 heteroatoms. The zero-order valence-electron chi connectivity index (χ0n) is 12.5. The van der Waals surface area contributed by atoms with E-state index in [1.165, 1.54) is 25.0 Å². The van der Waals surface area contributed by atoms with Crippen LogP contribution in [-0.4, -0.2) is 23.8 Å². The molecule has 1 saturated carbocycles. The van der Waals surface area contributed by atoms with Crippen LogP contribution in [0.4, 0.5) is 4.39 Å². The molecule has 0 amide bonds. The number of aryl methyl sites for hydroxylation is 1. The van der Waals surface area contributed by atoms with Crippen LogP contribution in [0.2, 0.25) is 0 Å². The van der Waals surface area contributed by atoms with Crippen molar-refractivity contribution in [2.75, 3.05) is 6.61 Å². The fraction of sp³-hybridized carbons (Fsp3) is 0.588. The largest absolute Gasteiger partial charge is 0.478 e. The molecule has 0 radical (unpaired) electrons. The lowest BCUT2D eigenvalue weighted by atomic mass is 9.83. The Labute approximate surface area is 125 Å². The Hall–Kier alpha value is -1.42. The van der Waals surface area contributed by atoms with Crippen LogP contribution >= 0.6 is 0 Å². The Bertz CT molecular complexity index is 479. The minimum absolute atomic E-state index is 0.254. The smallest absolute Gasteiger partial charge is 0.338 e. The Morgan fingerprint density at radius 3 is 2.62 bits per heavy atom. The molecule has 1 N–H and O–H groups in total. The first-order valence-corrected chi connectivity index (χ1v) is 7.73. The first-order valence-electron chi connectivity index (χ1n) is 7.73. The van der Waals surface area contributed by atoms with E-state index in [0.717, 1.165) is 37.9 Å². The number of carbonyl (C=O) groups is 1. The molecule has 0 atom stereocenters. The Balaban J connectivity index is 1.81. The standard InChI is InChI=1S/C17H23FO3/c1-2-21-14-8-5-12(6-9-14)3-4-13-7-10-15(17(19)20)16(18)11-13/h7,10-12,14H,2-6,8-9H2,1H3,(H,19,20)/t12-,14-. The van der Waals surface area contributed by atoms with E-state index in [9.17, 15) is 9.18 Å². The Kier molecular flexibility index (Phi) is 5.74. The van der Waals surface area contributed by atoms with Gasteiger partial charge in [0.2, 0.25) is 0 Å². The molecule has 0 aromatic heterocycles. The number of ether oxygens (including phenoxy) is 1. The van der Waals surface area contributed by atoms with E-state index in [1.54, 1.807) is 6.07 Å². The van der Waals surface area contributed by atoms with Crippen LogP contribution in [0.3, 0.4) is 0 Å². The van der Waals surface area contributed by atoms with E-state index >= 15 is 0 Å². The van der Waals surface area contributed by atoms with E-state index in [0.29, 0.717) is 12.0 Å². The molecule has 0 saturated heterocycles. The molecule has 0 aliphatic heterocycles. The van der Waals surface area contributed by atoms with Gasteiger partial charge < -0.3 is 9.84 Å². The third kappa shape index (κ3) is 4.53. The number of aromatic carboxylic acids is 1. The summed E-state index contributed by atoms with van der Waals surface area (Å²) in [5.74, 6) is -1.18. The highest BCUT2D eigenvalue weighted by atomic mass is 19.1. The zero-order valence-corrected chi connectivity index (χ0v) is 12.5. The van der Waals surface area contributed by atoms with Crippen LogP contribution in [0.15, 0.2) is 18.2 Å². The summed E-state index contributed by atoms with van der Waals surface area (Å²) in [5, 5.41) is 8.81. The zero-order chi connectivity index (χ0) is 15.2. The molecule has 1 aromatic rings. The van der Waals surface area contributed by atoms with Crippen molar-refractivity contribution in [1.29, 1.82) is 0 Å². The van der Waals surface area contributed by atoms with Crippen molar-refractivity contribution in [2.45, 2.75) is 51.6 Å². The fourth-order valence-electron chi connectivity index (χ4n) is 3.08. The molecule has 2 rings (SSSR count). The summed E-state index contributed by atoms with van der Waals surface area (Å²) in [6.07, 6.45) is 6.82. The summed E-state index contributed by atoms with van der Waals surface area (Å²) in [5.41, 5.74) is 0.625. The molecule has 3 nitrogen and oxygen atoms in total. The van der Waals surface area contributed by atoms with Gasteiger partial charge in [-0.05, 0) is 69.1 Å². The minimum atomic E-state index is -1.21. The summed E-state index contributed by atoms with van der Waals surface area (Å²) in [6.45, 7) is 2.81. The maximum atomic E-state index is 13.6. The van der Waals surface area contributed by atoms with Crippen LogP contribution in [0, 0.1) is 11.7 Å². The Morgan fingerprint density at radius 2 is 2.05 bits per heavy atom. The van der Waals surface area contributed by atoms with Crippen LogP contribution in [0.5, 0.6) is 0 Å². The average molecular weight is 294 g/mol. The fourth-order valence-corrected chi connectivity index (χ4v) is 3.08. The van der Waals surface area contributed by atoms with E-state index in [4.69, 9.17) is 9.84 Å². The van der Waals surface area contributed by atoms with Gasteiger partial charge in [-0.2, -0.15) is 0 Å². The quantitative estimate of drug-likeness (QED) is 0.861. The van der Waals surface area contributed by atoms with E-state index in [1.807, 2.05) is 6.92 Å². The van der Waals surface area contributed by atoms with Crippen molar-refractivity contribution in [3.63, 3.8) is 0 Å². The molecular formula is C17H23FO3. The molecule has 1 fully saturated rings. The molecule has 116 valence electrons. The minimum Gasteiger partial charge on any atom is -0.478 e. The topological polar surface area (TPSA) is 46.5 Å². The van der Waals surface area contributed by atoms with Gasteiger partial charge >= 0.3 is 5.97 Å². The molecule has 21 heavy (non-hydrogen) atoms. The van der Waals surface area contributed by atoms with Crippen LogP contribution in [0.1, 0.15) is 54.9 Å². The molecule has 1 aromatic carbocycles. The molecule has 0 spiro atoms. The van der Waals surface area contributed by atoms with E-state index in [-0.39, 0.29) is 5.56 Å². The number of halogens is 1. The molecule has 1 aliphatic carbocycles. The number of carboxylic acid groups (broad SMARTS) is 1. The molecule has 1 aliphatic rings. The summed E-state index contributed by atoms with van der Waals surface area (Å²) < 4.78 is 19.2. The van der Waals surface area contributed by atoms with Gasteiger partial charge in [-0.1, -0.05) is 6.07 Å². The molecular weight excluding hydrogens is 271 g/mol. The highest BCUT2D eigenvalue weighted by Gasteiger charge is 2.21. The first kappa shape index (κ1) is 16.0. The second-order valence-corrected chi connectivity index (χ2v) is 5.76. The normalized spacial score (nSPS) is 22.2. The number of benzene rings is 1. The van der Waals surface area contributed by atoms with Gasteiger partial charge in [-0.25, -0.2) is 9.18 Å². The van der Waals surface area contributed by atoms with Crippen molar-refractivity contribution in [1.82, 2.24) is 0 Å². The Morgan fingerprint density at radius 1 is 1.33 bits per heavy atom. The summed E-state index contributed by atoms with van der Waals surface area (Å²) >= 11 is 0. The number of carboxylic acids is 1. The maximum absolute atomic E-state index is 13.6. The van der Waals surface area contributed by atoms with E-state index < -0.39 is 11.8 Å². The lowest BCUT2D eigenvalue weighted by Gasteiger charge is -2.28. The van der Waals surface area contributed by atoms with Gasteiger partial charge in [0.25, 0.3) is 0 Å². The summed E-state index contributed by atoms with van der Waals surface area (Å²) in [4.78, 5) is 10.8. The monoisotopic (exact) mass is 294 g/mol. The van der Waals surface area contributed by atoms with Crippen LogP contribution in [-0.2, 0) is 11.2 Å². The summed E-state index contributed by atoms with van der Waals surface area (Å²) in [6, 6.07) is 4.44. The van der Waals surface area contributed by atoms with Crippen LogP contribution < -0.4 is 0 Å². The van der Waals surface area contributed by atoms with Crippen molar-refractivity contribution >= 4 is 5.97 Å². The average Bonchev–Trinajstić information content (AvgIpc) is 2.46. The summed E-state index contributed by atoms with van der Waals surface area (Å²) in [7, 11) is 0. The highest BCUT2D eigenvalue weighted by Crippen LogP contribution is 2.29. The predicted molar refractivity (Wildman–Crippen MR) is 79.1 cm³/mol. The maximum Gasteiger partial charge on any atom is 0.338 e. The van der Waals surface area contributed by atoms with E-state index in [2.05, 4.69) is 0 Å². The lowest BCUT2D eigenvalue weighted by Crippen LogP contribution is -2.21. The second kappa shape index (κ2) is 7.55. The molecule has 0 bridgehead atoms. The third-order valence-corrected chi connectivity index (χ3v) is 4.30. The molecule has 0 unspecified atom stereocenters. The SMILES string of the molecule is CCO[C@H]1CC[C@H](CCc2ccc(C(=O)O)c(F)c2)CC1. The van der Waals surface area contributed by atoms with Gasteiger partial charge in [-0.3, -0.25) is 0 Å². The van der Waals surface area contributed by atoms with Gasteiger partial charge in [-0.15, -0.1) is 0 Å². The number of rotatable bonds is 6. The number of hydrogen-bond acceptors (Lipinski definition) is 2. The van der Waals surface area contributed by atoms with Gasteiger partial charge in [0.15, 0.2) is 0 Å².